The second kappa shape index (κ2) is 5.55. The summed E-state index contributed by atoms with van der Waals surface area (Å²) in [5.41, 5.74) is 0. The lowest BCUT2D eigenvalue weighted by Crippen LogP contribution is -1.88. The molecule has 6 aromatic carbocycles. The van der Waals surface area contributed by atoms with Gasteiger partial charge in [0.25, 0.3) is 0 Å². The summed E-state index contributed by atoms with van der Waals surface area (Å²) in [7, 11) is 0. The summed E-state index contributed by atoms with van der Waals surface area (Å²) < 4.78 is 1.12. The van der Waals surface area contributed by atoms with Crippen LogP contribution in [0.25, 0.3) is 53.9 Å². The number of benzene rings is 6. The van der Waals surface area contributed by atoms with E-state index in [1.807, 2.05) is 0 Å². The van der Waals surface area contributed by atoms with Crippen molar-refractivity contribution in [3.8, 4) is 0 Å². The molecule has 1 heteroatoms. The summed E-state index contributed by atoms with van der Waals surface area (Å²) in [5.74, 6) is 0. The maximum absolute atomic E-state index is 3.67. The van der Waals surface area contributed by atoms with Crippen LogP contribution in [-0.2, 0) is 0 Å². The van der Waals surface area contributed by atoms with Crippen LogP contribution in [0.5, 0.6) is 0 Å². The minimum atomic E-state index is 1.12. The van der Waals surface area contributed by atoms with Crippen LogP contribution in [0, 0.1) is 0 Å². The Labute approximate surface area is 165 Å². The lowest BCUT2D eigenvalue weighted by atomic mass is 9.87. The van der Waals surface area contributed by atoms with E-state index >= 15 is 0 Å². The molecule has 0 aliphatic carbocycles. The third-order valence-electron chi connectivity index (χ3n) is 5.67. The fraction of sp³-hybridized carbons (Fsp3) is 0. The average molecular weight is 407 g/mol. The maximum Gasteiger partial charge on any atom is 0.0181 e. The third kappa shape index (κ3) is 2.03. The molecule has 0 unspecified atom stereocenters. The molecule has 0 radical (unpaired) electrons. The Hall–Kier alpha value is -2.90. The Bertz CT molecular complexity index is 1530. The smallest absolute Gasteiger partial charge is 0.0181 e. The van der Waals surface area contributed by atoms with Crippen molar-refractivity contribution < 1.29 is 0 Å². The summed E-state index contributed by atoms with van der Waals surface area (Å²) in [5, 5.41) is 13.2. The average Bonchev–Trinajstić information content (AvgIpc) is 2.73. The molecule has 6 rings (SSSR count). The van der Waals surface area contributed by atoms with E-state index in [1.54, 1.807) is 0 Å². The van der Waals surface area contributed by atoms with E-state index < -0.39 is 0 Å². The van der Waals surface area contributed by atoms with E-state index in [0.29, 0.717) is 0 Å². The van der Waals surface area contributed by atoms with Gasteiger partial charge in [0.2, 0.25) is 0 Å². The number of hydrogen-bond acceptors (Lipinski definition) is 0. The maximum atomic E-state index is 3.67. The van der Waals surface area contributed by atoms with Crippen molar-refractivity contribution in [3.05, 3.63) is 95.5 Å². The molecule has 0 fully saturated rings. The molecule has 27 heavy (non-hydrogen) atoms. The van der Waals surface area contributed by atoms with Gasteiger partial charge in [0, 0.05) is 4.47 Å². The molecule has 0 bridgehead atoms. The van der Waals surface area contributed by atoms with E-state index in [1.165, 1.54) is 53.9 Å². The highest BCUT2D eigenvalue weighted by Gasteiger charge is 2.15. The molecule has 0 nitrogen and oxygen atoms in total. The first-order valence-corrected chi connectivity index (χ1v) is 9.95. The van der Waals surface area contributed by atoms with Gasteiger partial charge >= 0.3 is 0 Å². The molecule has 126 valence electrons. The molecule has 0 N–H and O–H groups in total. The SMILES string of the molecule is Brc1ccc2c(c1)c1ccccc1c1c3ccccc3c3ccccc3c21. The second-order valence-electron chi connectivity index (χ2n) is 7.08. The first-order valence-electron chi connectivity index (χ1n) is 9.16. The van der Waals surface area contributed by atoms with E-state index in [9.17, 15) is 0 Å². The summed E-state index contributed by atoms with van der Waals surface area (Å²) >= 11 is 3.67. The minimum absolute atomic E-state index is 1.12. The van der Waals surface area contributed by atoms with Crippen molar-refractivity contribution in [2.45, 2.75) is 0 Å². The molecule has 0 saturated heterocycles. The highest BCUT2D eigenvalue weighted by molar-refractivity contribution is 9.10. The first kappa shape index (κ1) is 15.2. The molecule has 0 amide bonds. The summed E-state index contributed by atoms with van der Waals surface area (Å²) in [6.07, 6.45) is 0. The normalized spacial score (nSPS) is 11.9. The zero-order valence-electron chi connectivity index (χ0n) is 14.5. The molecule has 0 spiro atoms. The van der Waals surface area contributed by atoms with Gasteiger partial charge in [-0.2, -0.15) is 0 Å². The van der Waals surface area contributed by atoms with Gasteiger partial charge in [0.05, 0.1) is 0 Å². The van der Waals surface area contributed by atoms with Gasteiger partial charge in [0.1, 0.15) is 0 Å². The van der Waals surface area contributed by atoms with Gasteiger partial charge in [-0.25, -0.2) is 0 Å². The molecule has 0 aliphatic heterocycles. The van der Waals surface area contributed by atoms with Crippen molar-refractivity contribution in [3.63, 3.8) is 0 Å². The number of rotatable bonds is 0. The second-order valence-corrected chi connectivity index (χ2v) is 7.99. The van der Waals surface area contributed by atoms with Crippen molar-refractivity contribution in [2.24, 2.45) is 0 Å². The first-order chi connectivity index (χ1) is 13.3. The van der Waals surface area contributed by atoms with Crippen LogP contribution in [0.4, 0.5) is 0 Å². The molecule has 0 aliphatic rings. The summed E-state index contributed by atoms with van der Waals surface area (Å²) in [6, 6.07) is 33.1. The monoisotopic (exact) mass is 406 g/mol. The molecule has 6 aromatic rings. The van der Waals surface area contributed by atoms with Gasteiger partial charge in [-0.3, -0.25) is 0 Å². The van der Waals surface area contributed by atoms with Crippen molar-refractivity contribution >= 4 is 69.8 Å². The summed E-state index contributed by atoms with van der Waals surface area (Å²) in [6.45, 7) is 0. The lowest BCUT2D eigenvalue weighted by molar-refractivity contribution is 1.74. The zero-order chi connectivity index (χ0) is 18.0. The van der Waals surface area contributed by atoms with Crippen LogP contribution in [0.15, 0.2) is 95.5 Å². The number of hydrogen-bond donors (Lipinski definition) is 0. The predicted octanol–water partition coefficient (Wildman–Crippen LogP) is 8.22. The largest absolute Gasteiger partial charge is 0.0616 e. The predicted molar refractivity (Wildman–Crippen MR) is 122 cm³/mol. The van der Waals surface area contributed by atoms with Crippen LogP contribution in [0.2, 0.25) is 0 Å². The van der Waals surface area contributed by atoms with Gasteiger partial charge < -0.3 is 0 Å². The van der Waals surface area contributed by atoms with Gasteiger partial charge in [-0.05, 0) is 66.0 Å². The summed E-state index contributed by atoms with van der Waals surface area (Å²) in [4.78, 5) is 0. The Morgan fingerprint density at radius 1 is 0.370 bits per heavy atom. The topological polar surface area (TPSA) is 0 Å². The van der Waals surface area contributed by atoms with Gasteiger partial charge in [0.15, 0.2) is 0 Å². The fourth-order valence-corrected chi connectivity index (χ4v) is 4.96. The molecular formula is C26H15Br. The minimum Gasteiger partial charge on any atom is -0.0616 e. The molecule has 0 saturated carbocycles. The molecule has 0 heterocycles. The van der Waals surface area contributed by atoms with Gasteiger partial charge in [-0.15, -0.1) is 0 Å². The highest BCUT2D eigenvalue weighted by Crippen LogP contribution is 2.43. The van der Waals surface area contributed by atoms with E-state index in [-0.39, 0.29) is 0 Å². The Kier molecular flexibility index (Phi) is 3.12. The Morgan fingerprint density at radius 3 is 1.22 bits per heavy atom. The van der Waals surface area contributed by atoms with Crippen molar-refractivity contribution in [2.75, 3.05) is 0 Å². The Morgan fingerprint density at radius 2 is 0.741 bits per heavy atom. The number of halogens is 1. The van der Waals surface area contributed by atoms with Crippen molar-refractivity contribution in [1.29, 1.82) is 0 Å². The zero-order valence-corrected chi connectivity index (χ0v) is 16.1. The van der Waals surface area contributed by atoms with Crippen LogP contribution >= 0.6 is 15.9 Å². The van der Waals surface area contributed by atoms with Crippen LogP contribution in [0.1, 0.15) is 0 Å². The fourth-order valence-electron chi connectivity index (χ4n) is 4.59. The van der Waals surface area contributed by atoms with Crippen LogP contribution in [0.3, 0.4) is 0 Å². The Balaban J connectivity index is 2.12. The molecular weight excluding hydrogens is 392 g/mol. The molecule has 0 aromatic heterocycles. The molecule has 0 atom stereocenters. The number of fused-ring (bicyclic) bond motifs is 11. The third-order valence-corrected chi connectivity index (χ3v) is 6.16. The van der Waals surface area contributed by atoms with E-state index in [0.717, 1.165) is 4.47 Å². The lowest BCUT2D eigenvalue weighted by Gasteiger charge is -2.16. The highest BCUT2D eigenvalue weighted by atomic mass is 79.9. The standard InChI is InChI=1S/C26H15Br/c27-16-13-14-23-24(15-16)19-9-3-6-12-22(19)25-20-10-4-1-7-17(20)18-8-2-5-11-21(18)26(23)25/h1-15H. The van der Waals surface area contributed by atoms with E-state index in [4.69, 9.17) is 0 Å². The quantitative estimate of drug-likeness (QED) is 0.223. The van der Waals surface area contributed by atoms with E-state index in [2.05, 4.69) is 107 Å². The van der Waals surface area contributed by atoms with Crippen LogP contribution in [-0.4, -0.2) is 0 Å². The van der Waals surface area contributed by atoms with Crippen molar-refractivity contribution in [1.82, 2.24) is 0 Å². The van der Waals surface area contributed by atoms with Gasteiger partial charge in [-0.1, -0.05) is 94.8 Å². The van der Waals surface area contributed by atoms with Crippen LogP contribution < -0.4 is 0 Å².